The highest BCUT2D eigenvalue weighted by atomic mass is 16.3. The third-order valence-corrected chi connectivity index (χ3v) is 3.74. The van der Waals surface area contributed by atoms with Crippen LogP contribution in [-0.2, 0) is 9.59 Å². The SMILES string of the molecule is O=C(CN1CC(c2ccccc2)CC1=O)N/N=C/c1ccco1. The van der Waals surface area contributed by atoms with Crippen LogP contribution in [0.25, 0.3) is 0 Å². The third kappa shape index (κ3) is 3.85. The van der Waals surface area contributed by atoms with Crippen LogP contribution in [0.4, 0.5) is 0 Å². The van der Waals surface area contributed by atoms with Gasteiger partial charge in [-0.05, 0) is 17.7 Å². The van der Waals surface area contributed by atoms with Crippen molar-refractivity contribution in [1.29, 1.82) is 0 Å². The van der Waals surface area contributed by atoms with Gasteiger partial charge in [0.1, 0.15) is 12.3 Å². The quantitative estimate of drug-likeness (QED) is 0.675. The maximum atomic E-state index is 12.0. The average molecular weight is 311 g/mol. The predicted molar refractivity (Wildman–Crippen MR) is 84.8 cm³/mol. The van der Waals surface area contributed by atoms with E-state index < -0.39 is 0 Å². The van der Waals surface area contributed by atoms with E-state index in [9.17, 15) is 9.59 Å². The molecule has 1 aromatic carbocycles. The first-order valence-corrected chi connectivity index (χ1v) is 7.40. The minimum Gasteiger partial charge on any atom is -0.463 e. The largest absolute Gasteiger partial charge is 0.463 e. The van der Waals surface area contributed by atoms with Crippen molar-refractivity contribution in [3.63, 3.8) is 0 Å². The summed E-state index contributed by atoms with van der Waals surface area (Å²) in [7, 11) is 0. The van der Waals surface area contributed by atoms with E-state index in [1.807, 2.05) is 30.3 Å². The average Bonchev–Trinajstić information content (AvgIpc) is 3.19. The number of rotatable bonds is 5. The van der Waals surface area contributed by atoms with Gasteiger partial charge in [0.2, 0.25) is 5.91 Å². The fourth-order valence-electron chi connectivity index (χ4n) is 2.61. The Morgan fingerprint density at radius 1 is 1.30 bits per heavy atom. The van der Waals surface area contributed by atoms with E-state index in [-0.39, 0.29) is 24.3 Å². The van der Waals surface area contributed by atoms with E-state index >= 15 is 0 Å². The molecule has 0 aliphatic carbocycles. The standard InChI is InChI=1S/C17H17N3O3/c21-16(19-18-10-15-7-4-8-23-15)12-20-11-14(9-17(20)22)13-5-2-1-3-6-13/h1-8,10,14H,9,11-12H2,(H,19,21)/b18-10+. The van der Waals surface area contributed by atoms with Crippen LogP contribution in [0.15, 0.2) is 58.2 Å². The summed E-state index contributed by atoms with van der Waals surface area (Å²) in [6.07, 6.45) is 3.37. The molecule has 6 heteroatoms. The molecule has 0 radical (unpaired) electrons. The number of hydrogen-bond acceptors (Lipinski definition) is 4. The Morgan fingerprint density at radius 2 is 2.13 bits per heavy atom. The van der Waals surface area contributed by atoms with E-state index in [1.165, 1.54) is 12.5 Å². The number of hydrogen-bond donors (Lipinski definition) is 1. The van der Waals surface area contributed by atoms with Crippen LogP contribution in [0.3, 0.4) is 0 Å². The van der Waals surface area contributed by atoms with Gasteiger partial charge in [-0.25, -0.2) is 5.43 Å². The lowest BCUT2D eigenvalue weighted by Crippen LogP contribution is -2.36. The Balaban J connectivity index is 1.52. The summed E-state index contributed by atoms with van der Waals surface area (Å²) in [5.41, 5.74) is 3.52. The van der Waals surface area contributed by atoms with Gasteiger partial charge < -0.3 is 9.32 Å². The molecule has 2 heterocycles. The van der Waals surface area contributed by atoms with E-state index in [4.69, 9.17) is 4.42 Å². The number of benzene rings is 1. The van der Waals surface area contributed by atoms with E-state index in [0.29, 0.717) is 18.7 Å². The summed E-state index contributed by atoms with van der Waals surface area (Å²) in [6.45, 7) is 0.565. The summed E-state index contributed by atoms with van der Waals surface area (Å²) in [4.78, 5) is 25.5. The molecule has 1 atom stereocenters. The van der Waals surface area contributed by atoms with E-state index in [1.54, 1.807) is 17.0 Å². The van der Waals surface area contributed by atoms with Crippen LogP contribution in [-0.4, -0.2) is 36.0 Å². The van der Waals surface area contributed by atoms with E-state index in [0.717, 1.165) is 5.56 Å². The molecular weight excluding hydrogens is 294 g/mol. The van der Waals surface area contributed by atoms with E-state index in [2.05, 4.69) is 10.5 Å². The molecule has 0 spiro atoms. The molecule has 1 N–H and O–H groups in total. The van der Waals surface area contributed by atoms with Crippen LogP contribution in [0, 0.1) is 0 Å². The molecule has 1 unspecified atom stereocenters. The predicted octanol–water partition coefficient (Wildman–Crippen LogP) is 1.75. The molecule has 1 aliphatic heterocycles. The summed E-state index contributed by atoms with van der Waals surface area (Å²) < 4.78 is 5.06. The van der Waals surface area contributed by atoms with Gasteiger partial charge in [0.15, 0.2) is 0 Å². The Kier molecular flexibility index (Phi) is 4.52. The molecule has 2 aromatic rings. The molecular formula is C17H17N3O3. The molecule has 6 nitrogen and oxygen atoms in total. The second-order valence-electron chi connectivity index (χ2n) is 5.39. The molecule has 1 saturated heterocycles. The van der Waals surface area contributed by atoms with Gasteiger partial charge in [-0.3, -0.25) is 9.59 Å². The minimum absolute atomic E-state index is 0.0102. The van der Waals surface area contributed by atoms with Gasteiger partial charge in [0.05, 0.1) is 12.5 Å². The van der Waals surface area contributed by atoms with Gasteiger partial charge >= 0.3 is 0 Å². The fourth-order valence-corrected chi connectivity index (χ4v) is 2.61. The van der Waals surface area contributed by atoms with Gasteiger partial charge in [0, 0.05) is 18.9 Å². The van der Waals surface area contributed by atoms with Crippen LogP contribution in [0.5, 0.6) is 0 Å². The highest BCUT2D eigenvalue weighted by Gasteiger charge is 2.31. The van der Waals surface area contributed by atoms with Crippen molar-refractivity contribution >= 4 is 18.0 Å². The maximum Gasteiger partial charge on any atom is 0.259 e. The van der Waals surface area contributed by atoms with Crippen molar-refractivity contribution < 1.29 is 14.0 Å². The Morgan fingerprint density at radius 3 is 2.87 bits per heavy atom. The van der Waals surface area contributed by atoms with Crippen LogP contribution < -0.4 is 5.43 Å². The second-order valence-corrected chi connectivity index (χ2v) is 5.39. The number of amides is 2. The normalized spacial score (nSPS) is 17.8. The molecule has 2 amide bonds. The fraction of sp³-hybridized carbons (Fsp3) is 0.235. The second kappa shape index (κ2) is 6.91. The lowest BCUT2D eigenvalue weighted by Gasteiger charge is -2.15. The smallest absolute Gasteiger partial charge is 0.259 e. The number of hydrazone groups is 1. The summed E-state index contributed by atoms with van der Waals surface area (Å²) in [6, 6.07) is 13.3. The zero-order valence-corrected chi connectivity index (χ0v) is 12.5. The molecule has 1 aliphatic rings. The number of carbonyl (C=O) groups is 2. The van der Waals surface area contributed by atoms with Crippen molar-refractivity contribution in [2.45, 2.75) is 12.3 Å². The number of carbonyl (C=O) groups excluding carboxylic acids is 2. The molecule has 23 heavy (non-hydrogen) atoms. The number of nitrogens with one attached hydrogen (secondary N) is 1. The van der Waals surface area contributed by atoms with Crippen LogP contribution in [0.2, 0.25) is 0 Å². The molecule has 118 valence electrons. The first kappa shape index (κ1) is 15.0. The molecule has 0 bridgehead atoms. The highest BCUT2D eigenvalue weighted by Crippen LogP contribution is 2.27. The number of furan rings is 1. The zero-order chi connectivity index (χ0) is 16.1. The molecule has 0 saturated carbocycles. The van der Waals surface area contributed by atoms with Gasteiger partial charge in [-0.2, -0.15) is 5.10 Å². The Bertz CT molecular complexity index is 695. The topological polar surface area (TPSA) is 74.9 Å². The van der Waals surface area contributed by atoms with Crippen molar-refractivity contribution in [2.24, 2.45) is 5.10 Å². The lowest BCUT2D eigenvalue weighted by atomic mass is 9.99. The zero-order valence-electron chi connectivity index (χ0n) is 12.5. The monoisotopic (exact) mass is 311 g/mol. The van der Waals surface area contributed by atoms with Gasteiger partial charge in [-0.15, -0.1) is 0 Å². The summed E-state index contributed by atoms with van der Waals surface area (Å²) >= 11 is 0. The minimum atomic E-state index is -0.324. The Hall–Kier alpha value is -2.89. The molecule has 1 aromatic heterocycles. The number of likely N-dealkylation sites (tertiary alicyclic amines) is 1. The van der Waals surface area contributed by atoms with Crippen molar-refractivity contribution in [3.8, 4) is 0 Å². The number of nitrogens with zero attached hydrogens (tertiary/aromatic N) is 2. The van der Waals surface area contributed by atoms with Crippen molar-refractivity contribution in [1.82, 2.24) is 10.3 Å². The van der Waals surface area contributed by atoms with Crippen molar-refractivity contribution in [3.05, 3.63) is 60.1 Å². The van der Waals surface area contributed by atoms with Gasteiger partial charge in [-0.1, -0.05) is 30.3 Å². The van der Waals surface area contributed by atoms with Crippen LogP contribution >= 0.6 is 0 Å². The van der Waals surface area contributed by atoms with Gasteiger partial charge in [0.25, 0.3) is 5.91 Å². The first-order valence-electron chi connectivity index (χ1n) is 7.40. The first-order chi connectivity index (χ1) is 11.2. The highest BCUT2D eigenvalue weighted by molar-refractivity contribution is 5.87. The van der Waals surface area contributed by atoms with Crippen LogP contribution in [0.1, 0.15) is 23.7 Å². The molecule has 3 rings (SSSR count). The lowest BCUT2D eigenvalue weighted by molar-refractivity contribution is -0.133. The third-order valence-electron chi connectivity index (χ3n) is 3.74. The molecule has 1 fully saturated rings. The Labute approximate surface area is 133 Å². The summed E-state index contributed by atoms with van der Waals surface area (Å²) in [5, 5.41) is 3.80. The maximum absolute atomic E-state index is 12.0. The summed E-state index contributed by atoms with van der Waals surface area (Å²) in [5.74, 6) is 0.355. The van der Waals surface area contributed by atoms with Crippen molar-refractivity contribution in [2.75, 3.05) is 13.1 Å².